The van der Waals surface area contributed by atoms with Gasteiger partial charge in [-0.3, -0.25) is 9.59 Å². The second-order valence-corrected chi connectivity index (χ2v) is 6.55. The molecular formula is C17H17NO4. The molecule has 2 fully saturated rings. The lowest BCUT2D eigenvalue weighted by molar-refractivity contribution is -0.156. The van der Waals surface area contributed by atoms with Gasteiger partial charge in [0.2, 0.25) is 5.91 Å². The number of carboxylic acid groups (broad SMARTS) is 1. The maximum absolute atomic E-state index is 12.8. The van der Waals surface area contributed by atoms with Crippen LogP contribution in [0.4, 0.5) is 0 Å². The highest BCUT2D eigenvalue weighted by molar-refractivity contribution is 5.93. The average molecular weight is 299 g/mol. The monoisotopic (exact) mass is 299 g/mol. The van der Waals surface area contributed by atoms with E-state index in [0.717, 1.165) is 5.56 Å². The number of likely N-dealkylation sites (tertiary alicyclic amines) is 1. The molecule has 0 saturated carbocycles. The number of ether oxygens (including phenoxy) is 1. The zero-order chi connectivity index (χ0) is 15.5. The largest absolute Gasteiger partial charge is 0.481 e. The zero-order valence-corrected chi connectivity index (χ0v) is 12.2. The van der Waals surface area contributed by atoms with Crippen molar-refractivity contribution in [1.82, 2.24) is 4.90 Å². The van der Waals surface area contributed by atoms with E-state index in [1.54, 1.807) is 17.9 Å². The number of carbonyl (C=O) groups is 2. The van der Waals surface area contributed by atoms with E-state index in [9.17, 15) is 14.7 Å². The summed E-state index contributed by atoms with van der Waals surface area (Å²) in [6.45, 7) is 2.52. The number of benzene rings is 1. The molecule has 3 aliphatic heterocycles. The molecule has 4 atom stereocenters. The SMILES string of the molecule is C[C@]1(C(=O)O)[C@H]2C=C[C@@]3(CN(Cc4ccccc4)C(=O)[C@@H]13)O2. The van der Waals surface area contributed by atoms with E-state index in [1.807, 2.05) is 36.4 Å². The summed E-state index contributed by atoms with van der Waals surface area (Å²) in [5.74, 6) is -1.74. The molecule has 1 aromatic carbocycles. The molecule has 2 saturated heterocycles. The average Bonchev–Trinajstić information content (AvgIpc) is 3.10. The molecule has 1 amide bonds. The summed E-state index contributed by atoms with van der Waals surface area (Å²) in [6.07, 6.45) is 3.16. The van der Waals surface area contributed by atoms with Crippen molar-refractivity contribution in [3.8, 4) is 0 Å². The number of aliphatic carboxylic acids is 1. The van der Waals surface area contributed by atoms with Gasteiger partial charge in [-0.25, -0.2) is 0 Å². The van der Waals surface area contributed by atoms with E-state index in [4.69, 9.17) is 4.74 Å². The molecule has 5 heteroatoms. The summed E-state index contributed by atoms with van der Waals surface area (Å²) < 4.78 is 5.94. The summed E-state index contributed by atoms with van der Waals surface area (Å²) >= 11 is 0. The highest BCUT2D eigenvalue weighted by atomic mass is 16.5. The van der Waals surface area contributed by atoms with E-state index in [1.165, 1.54) is 0 Å². The Morgan fingerprint density at radius 3 is 2.82 bits per heavy atom. The van der Waals surface area contributed by atoms with Gasteiger partial charge in [-0.1, -0.05) is 42.5 Å². The molecule has 1 aromatic rings. The van der Waals surface area contributed by atoms with Crippen molar-refractivity contribution in [2.45, 2.75) is 25.2 Å². The third-order valence-electron chi connectivity index (χ3n) is 5.25. The quantitative estimate of drug-likeness (QED) is 0.858. The molecule has 0 aromatic heterocycles. The molecule has 3 aliphatic rings. The molecule has 1 spiro atoms. The first kappa shape index (κ1) is 13.5. The van der Waals surface area contributed by atoms with Crippen molar-refractivity contribution in [2.24, 2.45) is 11.3 Å². The third-order valence-corrected chi connectivity index (χ3v) is 5.25. The predicted octanol–water partition coefficient (Wildman–Crippen LogP) is 1.44. The lowest BCUT2D eigenvalue weighted by Gasteiger charge is -2.30. The minimum absolute atomic E-state index is 0.124. The Labute approximate surface area is 128 Å². The van der Waals surface area contributed by atoms with Crippen LogP contribution in [0.15, 0.2) is 42.5 Å². The van der Waals surface area contributed by atoms with E-state index in [2.05, 4.69) is 0 Å². The Morgan fingerprint density at radius 2 is 2.14 bits per heavy atom. The predicted molar refractivity (Wildman–Crippen MR) is 77.8 cm³/mol. The first-order valence-corrected chi connectivity index (χ1v) is 7.41. The minimum Gasteiger partial charge on any atom is -0.481 e. The van der Waals surface area contributed by atoms with E-state index >= 15 is 0 Å². The van der Waals surface area contributed by atoms with E-state index in [0.29, 0.717) is 13.1 Å². The fourth-order valence-corrected chi connectivity index (χ4v) is 4.11. The van der Waals surface area contributed by atoms with Crippen LogP contribution in [-0.4, -0.2) is 40.1 Å². The second kappa shape index (κ2) is 4.20. The highest BCUT2D eigenvalue weighted by Gasteiger charge is 2.72. The molecular weight excluding hydrogens is 282 g/mol. The summed E-state index contributed by atoms with van der Waals surface area (Å²) in [6, 6.07) is 9.71. The number of nitrogens with zero attached hydrogens (tertiary/aromatic N) is 1. The Bertz CT molecular complexity index is 685. The van der Waals surface area contributed by atoms with Crippen LogP contribution < -0.4 is 0 Å². The lowest BCUT2D eigenvalue weighted by atomic mass is 9.66. The van der Waals surface area contributed by atoms with Gasteiger partial charge in [0.05, 0.1) is 18.6 Å². The molecule has 114 valence electrons. The lowest BCUT2D eigenvalue weighted by Crippen LogP contribution is -2.47. The van der Waals surface area contributed by atoms with Crippen LogP contribution in [0.3, 0.4) is 0 Å². The van der Waals surface area contributed by atoms with Crippen molar-refractivity contribution in [1.29, 1.82) is 0 Å². The molecule has 3 heterocycles. The number of fused-ring (bicyclic) bond motifs is 1. The van der Waals surface area contributed by atoms with Crippen molar-refractivity contribution in [2.75, 3.05) is 6.54 Å². The fourth-order valence-electron chi connectivity index (χ4n) is 4.11. The van der Waals surface area contributed by atoms with Gasteiger partial charge in [0, 0.05) is 6.54 Å². The van der Waals surface area contributed by atoms with Crippen LogP contribution in [0.5, 0.6) is 0 Å². The van der Waals surface area contributed by atoms with Crippen LogP contribution in [0.2, 0.25) is 0 Å². The van der Waals surface area contributed by atoms with Crippen LogP contribution in [-0.2, 0) is 20.9 Å². The normalized spacial score (nSPS) is 38.6. The Morgan fingerprint density at radius 1 is 1.41 bits per heavy atom. The van der Waals surface area contributed by atoms with Crippen molar-refractivity contribution in [3.63, 3.8) is 0 Å². The van der Waals surface area contributed by atoms with Crippen LogP contribution >= 0.6 is 0 Å². The second-order valence-electron chi connectivity index (χ2n) is 6.55. The number of carboxylic acids is 1. The summed E-state index contributed by atoms with van der Waals surface area (Å²) in [4.78, 5) is 26.3. The van der Waals surface area contributed by atoms with Gasteiger partial charge in [-0.05, 0) is 12.5 Å². The summed E-state index contributed by atoms with van der Waals surface area (Å²) in [7, 11) is 0. The fraction of sp³-hybridized carbons (Fsp3) is 0.412. The van der Waals surface area contributed by atoms with Crippen molar-refractivity contribution in [3.05, 3.63) is 48.0 Å². The van der Waals surface area contributed by atoms with Crippen LogP contribution in [0, 0.1) is 11.3 Å². The first-order valence-electron chi connectivity index (χ1n) is 7.41. The number of amides is 1. The van der Waals surface area contributed by atoms with Gasteiger partial charge < -0.3 is 14.7 Å². The number of rotatable bonds is 3. The minimum atomic E-state index is -1.18. The van der Waals surface area contributed by atoms with E-state index < -0.39 is 29.0 Å². The van der Waals surface area contributed by atoms with Gasteiger partial charge in [0.15, 0.2) is 0 Å². The zero-order valence-electron chi connectivity index (χ0n) is 12.2. The molecule has 0 aliphatic carbocycles. The van der Waals surface area contributed by atoms with Gasteiger partial charge in [0.25, 0.3) is 0 Å². The molecule has 1 N–H and O–H groups in total. The third kappa shape index (κ3) is 1.52. The topological polar surface area (TPSA) is 66.8 Å². The molecule has 5 nitrogen and oxygen atoms in total. The van der Waals surface area contributed by atoms with Crippen LogP contribution in [0.1, 0.15) is 12.5 Å². The van der Waals surface area contributed by atoms with Crippen molar-refractivity contribution < 1.29 is 19.4 Å². The van der Waals surface area contributed by atoms with Crippen LogP contribution in [0.25, 0.3) is 0 Å². The molecule has 2 bridgehead atoms. The number of carbonyl (C=O) groups excluding carboxylic acids is 1. The Balaban J connectivity index is 1.68. The highest BCUT2D eigenvalue weighted by Crippen LogP contribution is 2.58. The van der Waals surface area contributed by atoms with Gasteiger partial charge >= 0.3 is 5.97 Å². The molecule has 22 heavy (non-hydrogen) atoms. The molecule has 0 unspecified atom stereocenters. The maximum atomic E-state index is 12.8. The first-order chi connectivity index (χ1) is 10.5. The van der Waals surface area contributed by atoms with Gasteiger partial charge in [0.1, 0.15) is 11.0 Å². The Kier molecular flexibility index (Phi) is 2.58. The standard InChI is InChI=1S/C17H17NO4/c1-16(15(20)21)12-7-8-17(22-12)10-18(14(19)13(16)17)9-11-5-3-2-4-6-11/h2-8,12-13H,9-10H2,1H3,(H,20,21)/t12-,13+,16+,17+/m1/s1. The maximum Gasteiger partial charge on any atom is 0.313 e. The number of hydrogen-bond acceptors (Lipinski definition) is 3. The summed E-state index contributed by atoms with van der Waals surface area (Å²) in [5, 5.41) is 9.65. The Hall–Kier alpha value is -2.14. The van der Waals surface area contributed by atoms with Gasteiger partial charge in [-0.15, -0.1) is 0 Å². The van der Waals surface area contributed by atoms with Gasteiger partial charge in [-0.2, -0.15) is 0 Å². The van der Waals surface area contributed by atoms with Crippen molar-refractivity contribution >= 4 is 11.9 Å². The number of hydrogen-bond donors (Lipinski definition) is 1. The smallest absolute Gasteiger partial charge is 0.313 e. The molecule has 0 radical (unpaired) electrons. The molecule has 4 rings (SSSR count). The summed E-state index contributed by atoms with van der Waals surface area (Å²) in [5.41, 5.74) is -0.927. The van der Waals surface area contributed by atoms with E-state index in [-0.39, 0.29) is 5.91 Å².